The van der Waals surface area contributed by atoms with Gasteiger partial charge in [0.1, 0.15) is 23.0 Å². The van der Waals surface area contributed by atoms with E-state index in [9.17, 15) is 9.59 Å². The Bertz CT molecular complexity index is 831. The molecule has 128 valence electrons. The van der Waals surface area contributed by atoms with Crippen LogP contribution in [0.2, 0.25) is 0 Å². The first-order chi connectivity index (χ1) is 11.2. The maximum atomic E-state index is 12.0. The largest absolute Gasteiger partial charge is 0.484 e. The van der Waals surface area contributed by atoms with Crippen LogP contribution in [0.3, 0.4) is 0 Å². The van der Waals surface area contributed by atoms with E-state index in [4.69, 9.17) is 13.9 Å². The second kappa shape index (κ2) is 5.96. The summed E-state index contributed by atoms with van der Waals surface area (Å²) in [5, 5.41) is 0.823. The van der Waals surface area contributed by atoms with Gasteiger partial charge in [-0.15, -0.1) is 0 Å². The van der Waals surface area contributed by atoms with Crippen LogP contribution in [0.5, 0.6) is 5.75 Å². The molecule has 0 saturated heterocycles. The predicted molar refractivity (Wildman–Crippen MR) is 90.2 cm³/mol. The number of rotatable bonds is 3. The van der Waals surface area contributed by atoms with Gasteiger partial charge in [-0.25, -0.2) is 4.79 Å². The molecule has 1 aromatic carbocycles. The van der Waals surface area contributed by atoms with Gasteiger partial charge in [0.2, 0.25) is 0 Å². The third-order valence-electron chi connectivity index (χ3n) is 4.20. The zero-order chi connectivity index (χ0) is 17.5. The van der Waals surface area contributed by atoms with Gasteiger partial charge in [0.25, 0.3) is 0 Å². The molecule has 2 heterocycles. The monoisotopic (exact) mass is 330 g/mol. The number of esters is 1. The Morgan fingerprint density at radius 1 is 1.33 bits per heavy atom. The molecule has 1 atom stereocenters. The van der Waals surface area contributed by atoms with E-state index in [2.05, 4.69) is 0 Å². The van der Waals surface area contributed by atoms with Crippen LogP contribution in [0, 0.1) is 5.92 Å². The van der Waals surface area contributed by atoms with Gasteiger partial charge in [-0.05, 0) is 37.5 Å². The Labute approximate surface area is 140 Å². The number of ether oxygens (including phenoxy) is 2. The van der Waals surface area contributed by atoms with Crippen molar-refractivity contribution < 1.29 is 18.7 Å². The summed E-state index contributed by atoms with van der Waals surface area (Å²) in [6.45, 7) is 7.77. The molecule has 0 fully saturated rings. The minimum atomic E-state index is -0.650. The zero-order valence-electron chi connectivity index (χ0n) is 14.4. The maximum absolute atomic E-state index is 12.0. The summed E-state index contributed by atoms with van der Waals surface area (Å²) in [7, 11) is 0. The molecule has 3 rings (SSSR count). The fourth-order valence-corrected chi connectivity index (χ4v) is 2.92. The topological polar surface area (TPSA) is 65.7 Å². The van der Waals surface area contributed by atoms with E-state index in [0.29, 0.717) is 24.2 Å². The Balaban J connectivity index is 1.91. The molecule has 5 heteroatoms. The SMILES string of the molecule is CC(C)CC(=O)O[C@@H]1Cc2cc3ccc(=O)oc3cc2OC1(C)C. The summed E-state index contributed by atoms with van der Waals surface area (Å²) in [5.74, 6) is 0.712. The van der Waals surface area contributed by atoms with Crippen LogP contribution in [0.1, 0.15) is 39.7 Å². The summed E-state index contributed by atoms with van der Waals surface area (Å²) >= 11 is 0. The highest BCUT2D eigenvalue weighted by Gasteiger charge is 2.40. The Morgan fingerprint density at radius 2 is 2.08 bits per heavy atom. The van der Waals surface area contributed by atoms with Crippen LogP contribution in [0.15, 0.2) is 33.5 Å². The predicted octanol–water partition coefficient (Wildman–Crippen LogP) is 3.46. The number of fused-ring (bicyclic) bond motifs is 2. The Morgan fingerprint density at radius 3 is 2.79 bits per heavy atom. The summed E-state index contributed by atoms with van der Waals surface area (Å²) in [4.78, 5) is 23.4. The van der Waals surface area contributed by atoms with E-state index >= 15 is 0 Å². The van der Waals surface area contributed by atoms with Gasteiger partial charge >= 0.3 is 11.6 Å². The molecule has 0 bridgehead atoms. The van der Waals surface area contributed by atoms with Gasteiger partial charge in [-0.2, -0.15) is 0 Å². The van der Waals surface area contributed by atoms with Gasteiger partial charge in [0.15, 0.2) is 0 Å². The van der Waals surface area contributed by atoms with Crippen molar-refractivity contribution in [2.24, 2.45) is 5.92 Å². The van der Waals surface area contributed by atoms with Gasteiger partial charge in [-0.3, -0.25) is 4.79 Å². The van der Waals surface area contributed by atoms with Gasteiger partial charge in [-0.1, -0.05) is 13.8 Å². The molecule has 5 nitrogen and oxygen atoms in total. The van der Waals surface area contributed by atoms with E-state index < -0.39 is 11.2 Å². The van der Waals surface area contributed by atoms with Crippen LogP contribution in [-0.4, -0.2) is 17.7 Å². The lowest BCUT2D eigenvalue weighted by molar-refractivity contribution is -0.162. The van der Waals surface area contributed by atoms with Gasteiger partial charge < -0.3 is 13.9 Å². The molecular formula is C19H22O5. The van der Waals surface area contributed by atoms with Gasteiger partial charge in [0.05, 0.1) is 0 Å². The van der Waals surface area contributed by atoms with Gasteiger partial charge in [0, 0.05) is 30.4 Å². The van der Waals surface area contributed by atoms with Crippen molar-refractivity contribution in [3.63, 3.8) is 0 Å². The average molecular weight is 330 g/mol. The van der Waals surface area contributed by atoms with Crippen molar-refractivity contribution in [3.8, 4) is 5.75 Å². The quantitative estimate of drug-likeness (QED) is 0.637. The molecule has 0 radical (unpaired) electrons. The lowest BCUT2D eigenvalue weighted by Gasteiger charge is -2.39. The Hall–Kier alpha value is -2.30. The molecule has 0 spiro atoms. The van der Waals surface area contributed by atoms with Crippen LogP contribution >= 0.6 is 0 Å². The highest BCUT2D eigenvalue weighted by molar-refractivity contribution is 5.79. The number of carbonyl (C=O) groups excluding carboxylic acids is 1. The molecule has 24 heavy (non-hydrogen) atoms. The fraction of sp³-hybridized carbons (Fsp3) is 0.474. The fourth-order valence-electron chi connectivity index (χ4n) is 2.92. The van der Waals surface area contributed by atoms with E-state index in [-0.39, 0.29) is 18.0 Å². The second-order valence-electron chi connectivity index (χ2n) is 7.24. The average Bonchev–Trinajstić information content (AvgIpc) is 2.45. The molecule has 2 aromatic rings. The van der Waals surface area contributed by atoms with E-state index in [1.54, 1.807) is 12.1 Å². The number of benzene rings is 1. The lowest BCUT2D eigenvalue weighted by Crippen LogP contribution is -2.48. The summed E-state index contributed by atoms with van der Waals surface area (Å²) in [6, 6.07) is 6.77. The summed E-state index contributed by atoms with van der Waals surface area (Å²) < 4.78 is 16.9. The number of hydrogen-bond donors (Lipinski definition) is 0. The Kier molecular flexibility index (Phi) is 4.11. The molecule has 1 aromatic heterocycles. The van der Waals surface area contributed by atoms with Crippen molar-refractivity contribution in [3.05, 3.63) is 40.2 Å². The van der Waals surface area contributed by atoms with Crippen molar-refractivity contribution in [2.75, 3.05) is 0 Å². The van der Waals surface area contributed by atoms with Crippen molar-refractivity contribution in [1.82, 2.24) is 0 Å². The van der Waals surface area contributed by atoms with Crippen LogP contribution in [0.25, 0.3) is 11.0 Å². The molecule has 0 saturated carbocycles. The highest BCUT2D eigenvalue weighted by atomic mass is 16.6. The standard InChI is InChI=1S/C19H22O5/c1-11(2)7-18(21)23-16-9-13-8-12-5-6-17(20)22-14(12)10-15(13)24-19(16,3)4/h5-6,8,10-11,16H,7,9H2,1-4H3/t16-/m1/s1. The molecular weight excluding hydrogens is 308 g/mol. The van der Waals surface area contributed by atoms with E-state index in [1.807, 2.05) is 33.8 Å². The molecule has 0 amide bonds. The first-order valence-corrected chi connectivity index (χ1v) is 8.20. The third kappa shape index (κ3) is 3.30. The first-order valence-electron chi connectivity index (χ1n) is 8.20. The first kappa shape index (κ1) is 16.6. The summed E-state index contributed by atoms with van der Waals surface area (Å²) in [5.41, 5.74) is 0.394. The third-order valence-corrected chi connectivity index (χ3v) is 4.20. The minimum Gasteiger partial charge on any atom is -0.484 e. The molecule has 0 unspecified atom stereocenters. The zero-order valence-corrected chi connectivity index (χ0v) is 14.4. The smallest absolute Gasteiger partial charge is 0.336 e. The highest BCUT2D eigenvalue weighted by Crippen LogP contribution is 2.37. The van der Waals surface area contributed by atoms with Crippen molar-refractivity contribution >= 4 is 16.9 Å². The molecule has 0 N–H and O–H groups in total. The molecule has 1 aliphatic heterocycles. The van der Waals surface area contributed by atoms with Crippen molar-refractivity contribution in [2.45, 2.75) is 52.2 Å². The maximum Gasteiger partial charge on any atom is 0.336 e. The van der Waals surface area contributed by atoms with Crippen LogP contribution in [-0.2, 0) is 16.0 Å². The van der Waals surface area contributed by atoms with E-state index in [0.717, 1.165) is 10.9 Å². The second-order valence-corrected chi connectivity index (χ2v) is 7.24. The van der Waals surface area contributed by atoms with E-state index in [1.165, 1.54) is 6.07 Å². The number of carbonyl (C=O) groups is 1. The van der Waals surface area contributed by atoms with Crippen LogP contribution < -0.4 is 10.4 Å². The van der Waals surface area contributed by atoms with Crippen LogP contribution in [0.4, 0.5) is 0 Å². The molecule has 1 aliphatic rings. The summed E-state index contributed by atoms with van der Waals surface area (Å²) in [6.07, 6.45) is 0.605. The van der Waals surface area contributed by atoms with Crippen molar-refractivity contribution in [1.29, 1.82) is 0 Å². The normalized spacial score (nSPS) is 19.0. The lowest BCUT2D eigenvalue weighted by atomic mass is 9.90. The number of hydrogen-bond acceptors (Lipinski definition) is 5. The minimum absolute atomic E-state index is 0.207. The molecule has 0 aliphatic carbocycles.